The van der Waals surface area contributed by atoms with Gasteiger partial charge in [0.05, 0.1) is 5.69 Å². The highest BCUT2D eigenvalue weighted by molar-refractivity contribution is 6.30. The van der Waals surface area contributed by atoms with Gasteiger partial charge < -0.3 is 10.0 Å². The number of aliphatic hydroxyl groups excluding tert-OH is 1. The van der Waals surface area contributed by atoms with Crippen LogP contribution in [0.3, 0.4) is 0 Å². The Morgan fingerprint density at radius 1 is 1.27 bits per heavy atom. The standard InChI is InChI=1S/C21H21ClFN5O2/c22-15-3-1-13(2-4-15)19-18(16-5-8-24-12-25-16)20(27-26-19)14-6-9-28(10-7-14)21(30)17(29)11-23/h1-5,8,12,14,17,29H,6-7,9-11H2,(H,26,27). The second kappa shape index (κ2) is 8.89. The molecular weight excluding hydrogens is 409 g/mol. The molecule has 1 saturated heterocycles. The molecule has 1 aliphatic heterocycles. The normalized spacial score (nSPS) is 15.9. The third-order valence-corrected chi connectivity index (χ3v) is 5.65. The Morgan fingerprint density at radius 3 is 2.63 bits per heavy atom. The van der Waals surface area contributed by atoms with Gasteiger partial charge in [0.15, 0.2) is 6.10 Å². The van der Waals surface area contributed by atoms with Crippen molar-refractivity contribution in [3.63, 3.8) is 0 Å². The van der Waals surface area contributed by atoms with Crippen LogP contribution in [0.1, 0.15) is 24.5 Å². The van der Waals surface area contributed by atoms with E-state index >= 15 is 0 Å². The number of aliphatic hydroxyl groups is 1. The SMILES string of the molecule is O=C(C(O)CF)N1CCC(c2[nH]nc(-c3ccc(Cl)cc3)c2-c2ccncn2)CC1. The van der Waals surface area contributed by atoms with E-state index in [-0.39, 0.29) is 5.92 Å². The fraction of sp³-hybridized carbons (Fsp3) is 0.333. The molecule has 0 spiro atoms. The topological polar surface area (TPSA) is 95.0 Å². The number of carbonyl (C=O) groups excluding carboxylic acids is 1. The number of halogens is 2. The number of rotatable bonds is 5. The molecule has 3 aromatic rings. The number of likely N-dealkylation sites (tertiary alicyclic amines) is 1. The van der Waals surface area contributed by atoms with Crippen LogP contribution in [-0.2, 0) is 4.79 Å². The van der Waals surface area contributed by atoms with E-state index in [0.29, 0.717) is 31.0 Å². The number of H-pyrrole nitrogens is 1. The Hall–Kier alpha value is -2.84. The lowest BCUT2D eigenvalue weighted by molar-refractivity contribution is -0.142. The lowest BCUT2D eigenvalue weighted by Crippen LogP contribution is -2.44. The first-order valence-electron chi connectivity index (χ1n) is 9.72. The molecule has 4 rings (SSSR count). The molecule has 0 bridgehead atoms. The van der Waals surface area contributed by atoms with Crippen LogP contribution in [0, 0.1) is 0 Å². The van der Waals surface area contributed by atoms with Crippen LogP contribution in [0.5, 0.6) is 0 Å². The van der Waals surface area contributed by atoms with Crippen molar-refractivity contribution in [1.29, 1.82) is 0 Å². The van der Waals surface area contributed by atoms with Crippen LogP contribution < -0.4 is 0 Å². The van der Waals surface area contributed by atoms with Crippen molar-refractivity contribution in [3.8, 4) is 22.5 Å². The molecule has 1 aromatic carbocycles. The van der Waals surface area contributed by atoms with Crippen molar-refractivity contribution in [3.05, 3.63) is 53.6 Å². The van der Waals surface area contributed by atoms with Crippen LogP contribution in [0.4, 0.5) is 4.39 Å². The minimum absolute atomic E-state index is 0.120. The summed E-state index contributed by atoms with van der Waals surface area (Å²) >= 11 is 6.03. The smallest absolute Gasteiger partial charge is 0.254 e. The fourth-order valence-corrected chi connectivity index (χ4v) is 3.96. The Morgan fingerprint density at radius 2 is 2.00 bits per heavy atom. The predicted molar refractivity (Wildman–Crippen MR) is 111 cm³/mol. The summed E-state index contributed by atoms with van der Waals surface area (Å²) in [5, 5.41) is 17.9. The highest BCUT2D eigenvalue weighted by Gasteiger charge is 2.31. The Labute approximate surface area is 177 Å². The van der Waals surface area contributed by atoms with E-state index in [1.807, 2.05) is 30.3 Å². The number of hydrogen-bond acceptors (Lipinski definition) is 5. The van der Waals surface area contributed by atoms with E-state index in [2.05, 4.69) is 20.2 Å². The lowest BCUT2D eigenvalue weighted by Gasteiger charge is -2.32. The first-order valence-corrected chi connectivity index (χ1v) is 10.1. The van der Waals surface area contributed by atoms with Crippen LogP contribution in [-0.4, -0.2) is 61.9 Å². The molecule has 9 heteroatoms. The number of nitrogens with one attached hydrogen (secondary N) is 1. The monoisotopic (exact) mass is 429 g/mol. The number of piperidine rings is 1. The number of alkyl halides is 1. The van der Waals surface area contributed by atoms with Gasteiger partial charge in [0.1, 0.15) is 18.7 Å². The Bertz CT molecular complexity index is 1000. The molecule has 1 unspecified atom stereocenters. The zero-order chi connectivity index (χ0) is 21.1. The van der Waals surface area contributed by atoms with Gasteiger partial charge in [0.2, 0.25) is 0 Å². The summed E-state index contributed by atoms with van der Waals surface area (Å²) in [4.78, 5) is 22.0. The summed E-state index contributed by atoms with van der Waals surface area (Å²) in [5.74, 6) is -0.437. The third-order valence-electron chi connectivity index (χ3n) is 5.40. The predicted octanol–water partition coefficient (Wildman–Crippen LogP) is 3.22. The van der Waals surface area contributed by atoms with E-state index in [9.17, 15) is 14.3 Å². The molecule has 1 atom stereocenters. The molecule has 2 N–H and O–H groups in total. The maximum atomic E-state index is 12.6. The number of hydrogen-bond donors (Lipinski definition) is 2. The second-order valence-electron chi connectivity index (χ2n) is 7.23. The van der Waals surface area contributed by atoms with Crippen molar-refractivity contribution < 1.29 is 14.3 Å². The number of nitrogens with zero attached hydrogens (tertiary/aromatic N) is 4. The molecule has 0 radical (unpaired) electrons. The van der Waals surface area contributed by atoms with E-state index in [0.717, 1.165) is 28.2 Å². The van der Waals surface area contributed by atoms with E-state index < -0.39 is 18.7 Å². The van der Waals surface area contributed by atoms with Crippen LogP contribution in [0.2, 0.25) is 5.02 Å². The summed E-state index contributed by atoms with van der Waals surface area (Å²) in [6, 6.07) is 9.29. The highest BCUT2D eigenvalue weighted by Crippen LogP contribution is 2.39. The zero-order valence-electron chi connectivity index (χ0n) is 16.1. The molecule has 7 nitrogen and oxygen atoms in total. The van der Waals surface area contributed by atoms with Crippen molar-refractivity contribution in [2.75, 3.05) is 19.8 Å². The van der Waals surface area contributed by atoms with Crippen LogP contribution in [0.25, 0.3) is 22.5 Å². The van der Waals surface area contributed by atoms with Crippen LogP contribution in [0.15, 0.2) is 42.9 Å². The molecule has 30 heavy (non-hydrogen) atoms. The Balaban J connectivity index is 1.65. The molecular formula is C21H21ClFN5O2. The Kier molecular flexibility index (Phi) is 6.06. The van der Waals surface area contributed by atoms with E-state index in [4.69, 9.17) is 11.6 Å². The van der Waals surface area contributed by atoms with Gasteiger partial charge in [0, 0.05) is 47.0 Å². The van der Waals surface area contributed by atoms with Gasteiger partial charge in [-0.3, -0.25) is 9.89 Å². The lowest BCUT2D eigenvalue weighted by atomic mass is 9.88. The van der Waals surface area contributed by atoms with Gasteiger partial charge in [-0.25, -0.2) is 14.4 Å². The van der Waals surface area contributed by atoms with Crippen molar-refractivity contribution in [1.82, 2.24) is 25.1 Å². The maximum Gasteiger partial charge on any atom is 0.254 e. The van der Waals surface area contributed by atoms with Crippen molar-refractivity contribution >= 4 is 17.5 Å². The number of aromatic amines is 1. The largest absolute Gasteiger partial charge is 0.381 e. The third kappa shape index (κ3) is 4.06. The second-order valence-corrected chi connectivity index (χ2v) is 7.67. The number of amides is 1. The van der Waals surface area contributed by atoms with Gasteiger partial charge in [-0.15, -0.1) is 0 Å². The first-order chi connectivity index (χ1) is 14.6. The van der Waals surface area contributed by atoms with Crippen LogP contribution >= 0.6 is 11.6 Å². The van der Waals surface area contributed by atoms with Gasteiger partial charge in [-0.1, -0.05) is 23.7 Å². The minimum atomic E-state index is -1.58. The average Bonchev–Trinajstić information content (AvgIpc) is 3.24. The number of aromatic nitrogens is 4. The van der Waals surface area contributed by atoms with Gasteiger partial charge in [0.25, 0.3) is 5.91 Å². The van der Waals surface area contributed by atoms with E-state index in [1.54, 1.807) is 6.20 Å². The molecule has 0 aliphatic carbocycles. The first kappa shape index (κ1) is 20.4. The quantitative estimate of drug-likeness (QED) is 0.649. The summed E-state index contributed by atoms with van der Waals surface area (Å²) < 4.78 is 12.6. The summed E-state index contributed by atoms with van der Waals surface area (Å²) in [6.45, 7) is -0.181. The molecule has 0 saturated carbocycles. The fourth-order valence-electron chi connectivity index (χ4n) is 3.83. The summed E-state index contributed by atoms with van der Waals surface area (Å²) in [7, 11) is 0. The average molecular weight is 430 g/mol. The van der Waals surface area contributed by atoms with Gasteiger partial charge in [-0.05, 0) is 31.0 Å². The van der Waals surface area contributed by atoms with Gasteiger partial charge in [-0.2, -0.15) is 5.10 Å². The zero-order valence-corrected chi connectivity index (χ0v) is 16.9. The summed E-state index contributed by atoms with van der Waals surface area (Å²) in [5.41, 5.74) is 4.27. The van der Waals surface area contributed by atoms with Gasteiger partial charge >= 0.3 is 0 Å². The molecule has 2 aromatic heterocycles. The number of carbonyl (C=O) groups is 1. The van der Waals surface area contributed by atoms with E-state index in [1.165, 1.54) is 11.2 Å². The highest BCUT2D eigenvalue weighted by atomic mass is 35.5. The molecule has 1 fully saturated rings. The minimum Gasteiger partial charge on any atom is -0.381 e. The summed E-state index contributed by atoms with van der Waals surface area (Å²) in [6.07, 6.45) is 2.94. The number of benzene rings is 1. The molecule has 1 amide bonds. The maximum absolute atomic E-state index is 12.6. The molecule has 156 valence electrons. The molecule has 1 aliphatic rings. The van der Waals surface area contributed by atoms with Crippen molar-refractivity contribution in [2.24, 2.45) is 0 Å². The van der Waals surface area contributed by atoms with Crippen molar-refractivity contribution in [2.45, 2.75) is 24.9 Å². The molecule has 3 heterocycles.